The molecule has 6 rings (SSSR count). The zero-order valence-corrected chi connectivity index (χ0v) is 20.8. The highest BCUT2D eigenvalue weighted by Gasteiger charge is 2.46. The van der Waals surface area contributed by atoms with Gasteiger partial charge in [-0.3, -0.25) is 0 Å². The monoisotopic (exact) mass is 460 g/mol. The van der Waals surface area contributed by atoms with Crippen molar-refractivity contribution in [2.24, 2.45) is 0 Å². The van der Waals surface area contributed by atoms with E-state index in [-0.39, 0.29) is 0 Å². The van der Waals surface area contributed by atoms with Crippen molar-refractivity contribution in [1.82, 2.24) is 0 Å². The normalized spacial score (nSPS) is 13.8. The van der Waals surface area contributed by atoms with Crippen molar-refractivity contribution >= 4 is 32.8 Å². The summed E-state index contributed by atoms with van der Waals surface area (Å²) in [6.45, 7) is 8.46. The topological polar surface area (TPSA) is 52.0 Å². The second kappa shape index (κ2) is 7.22. The van der Waals surface area contributed by atoms with Crippen molar-refractivity contribution in [2.45, 2.75) is 33.1 Å². The summed E-state index contributed by atoms with van der Waals surface area (Å²) in [4.78, 5) is 0. The Balaban J connectivity index is 1.85. The Labute approximate surface area is 204 Å². The molecule has 3 heteroatoms. The number of benzene rings is 4. The van der Waals surface area contributed by atoms with Crippen LogP contribution in [0.5, 0.6) is 0 Å². The van der Waals surface area contributed by atoms with Gasteiger partial charge in [-0.15, -0.1) is 11.3 Å². The third-order valence-corrected chi connectivity index (χ3v) is 8.55. The molecule has 0 saturated heterocycles. The molecule has 168 valence electrons. The van der Waals surface area contributed by atoms with Gasteiger partial charge in [0, 0.05) is 16.1 Å². The minimum absolute atomic E-state index is 0.448. The van der Waals surface area contributed by atoms with Gasteiger partial charge in [-0.1, -0.05) is 48.5 Å². The van der Waals surface area contributed by atoms with Gasteiger partial charge >= 0.3 is 0 Å². The van der Waals surface area contributed by atoms with Gasteiger partial charge in [0.25, 0.3) is 0 Å². The Kier molecular flexibility index (Phi) is 4.46. The first-order valence-electron chi connectivity index (χ1n) is 11.7. The molecule has 0 fully saturated rings. The lowest BCUT2D eigenvalue weighted by Crippen LogP contribution is -2.29. The predicted octanol–water partition coefficient (Wildman–Crippen LogP) is 7.66. The van der Waals surface area contributed by atoms with Crippen LogP contribution in [0.25, 0.3) is 21.2 Å². The lowest BCUT2D eigenvalue weighted by molar-refractivity contribution is 0.765. The second-order valence-corrected chi connectivity index (χ2v) is 10.6. The molecule has 0 amide bonds. The molecule has 0 bridgehead atoms. The Morgan fingerprint density at radius 3 is 1.76 bits per heavy atom. The summed E-state index contributed by atoms with van der Waals surface area (Å²) in [6, 6.07) is 25.0. The van der Waals surface area contributed by atoms with Crippen molar-refractivity contribution in [1.29, 1.82) is 0 Å². The summed E-state index contributed by atoms with van der Waals surface area (Å²) in [5.74, 6) is 0. The molecule has 4 aromatic carbocycles. The van der Waals surface area contributed by atoms with E-state index in [9.17, 15) is 0 Å². The Hall–Kier alpha value is -3.56. The van der Waals surface area contributed by atoms with Crippen molar-refractivity contribution in [3.63, 3.8) is 0 Å². The second-order valence-electron chi connectivity index (χ2n) is 9.70. The van der Waals surface area contributed by atoms with E-state index in [0.717, 1.165) is 33.6 Å². The fraction of sp³-hybridized carbons (Fsp3) is 0.161. The number of hydrogen-bond donors (Lipinski definition) is 2. The molecular weight excluding hydrogens is 432 g/mol. The maximum Gasteiger partial charge on any atom is 0.0714 e. The fourth-order valence-electron chi connectivity index (χ4n) is 5.90. The molecule has 0 spiro atoms. The van der Waals surface area contributed by atoms with Crippen molar-refractivity contribution in [2.75, 3.05) is 11.5 Å². The van der Waals surface area contributed by atoms with Crippen LogP contribution in [-0.2, 0) is 5.41 Å². The largest absolute Gasteiger partial charge is 0.398 e. The average Bonchev–Trinajstić information content (AvgIpc) is 3.39. The van der Waals surface area contributed by atoms with Gasteiger partial charge in [-0.05, 0) is 112 Å². The highest BCUT2D eigenvalue weighted by molar-refractivity contribution is 7.17. The first-order valence-corrected chi connectivity index (χ1v) is 12.6. The third-order valence-electron chi connectivity index (χ3n) is 7.67. The molecule has 5 aromatic rings. The molecular formula is C31H28N2S. The minimum Gasteiger partial charge on any atom is -0.398 e. The van der Waals surface area contributed by atoms with E-state index >= 15 is 0 Å². The van der Waals surface area contributed by atoms with Gasteiger partial charge in [-0.25, -0.2) is 0 Å². The van der Waals surface area contributed by atoms with Gasteiger partial charge < -0.3 is 11.5 Å². The molecule has 34 heavy (non-hydrogen) atoms. The van der Waals surface area contributed by atoms with Gasteiger partial charge in [-0.2, -0.15) is 0 Å². The number of hydrogen-bond acceptors (Lipinski definition) is 3. The summed E-state index contributed by atoms with van der Waals surface area (Å²) in [6.07, 6.45) is 0. The smallest absolute Gasteiger partial charge is 0.0714 e. The zero-order valence-electron chi connectivity index (χ0n) is 20.0. The molecule has 1 aliphatic rings. The van der Waals surface area contributed by atoms with Crippen LogP contribution < -0.4 is 11.5 Å². The lowest BCUT2D eigenvalue weighted by Gasteiger charge is -2.35. The number of nitrogens with two attached hydrogens (primary N) is 2. The van der Waals surface area contributed by atoms with E-state index in [1.54, 1.807) is 11.3 Å². The SMILES string of the molecule is Cc1cc(C2(c3cc(C)c(N)c(C)c3)c3ccccc3-c3cc4ccsc4cc32)cc(C)c1N. The zero-order chi connectivity index (χ0) is 23.8. The number of fused-ring (bicyclic) bond motifs is 4. The molecule has 0 saturated carbocycles. The molecule has 1 aliphatic carbocycles. The number of anilines is 2. The molecule has 0 aliphatic heterocycles. The van der Waals surface area contributed by atoms with Crippen LogP contribution in [0.15, 0.2) is 72.1 Å². The molecule has 0 radical (unpaired) electrons. The quantitative estimate of drug-likeness (QED) is 0.261. The van der Waals surface area contributed by atoms with Gasteiger partial charge in [0.15, 0.2) is 0 Å². The van der Waals surface area contributed by atoms with Crippen molar-refractivity contribution < 1.29 is 0 Å². The highest BCUT2D eigenvalue weighted by Crippen LogP contribution is 2.57. The first-order chi connectivity index (χ1) is 16.3. The van der Waals surface area contributed by atoms with E-state index < -0.39 is 5.41 Å². The minimum atomic E-state index is -0.448. The van der Waals surface area contributed by atoms with Crippen LogP contribution in [0.2, 0.25) is 0 Å². The number of aryl methyl sites for hydroxylation is 4. The summed E-state index contributed by atoms with van der Waals surface area (Å²) >= 11 is 1.80. The van der Waals surface area contributed by atoms with E-state index in [2.05, 4.69) is 99.8 Å². The van der Waals surface area contributed by atoms with E-state index in [1.165, 1.54) is 43.5 Å². The molecule has 0 unspecified atom stereocenters. The molecule has 0 atom stereocenters. The Morgan fingerprint density at radius 2 is 1.18 bits per heavy atom. The van der Waals surface area contributed by atoms with Crippen LogP contribution >= 0.6 is 11.3 Å². The number of thiophene rings is 1. The number of nitrogen functional groups attached to an aromatic ring is 2. The maximum absolute atomic E-state index is 6.43. The Bertz CT molecular complexity index is 1520. The van der Waals surface area contributed by atoms with Crippen LogP contribution in [0.3, 0.4) is 0 Å². The number of rotatable bonds is 2. The fourth-order valence-corrected chi connectivity index (χ4v) is 6.71. The van der Waals surface area contributed by atoms with Crippen LogP contribution in [0.1, 0.15) is 44.5 Å². The van der Waals surface area contributed by atoms with Gasteiger partial charge in [0.05, 0.1) is 5.41 Å². The third kappa shape index (κ3) is 2.68. The first kappa shape index (κ1) is 21.0. The molecule has 4 N–H and O–H groups in total. The molecule has 1 aromatic heterocycles. The van der Waals surface area contributed by atoms with Crippen molar-refractivity contribution in [3.05, 3.63) is 117 Å². The van der Waals surface area contributed by atoms with E-state index in [4.69, 9.17) is 11.5 Å². The lowest BCUT2D eigenvalue weighted by atomic mass is 9.66. The van der Waals surface area contributed by atoms with Crippen molar-refractivity contribution in [3.8, 4) is 11.1 Å². The molecule has 1 heterocycles. The summed E-state index contributed by atoms with van der Waals surface area (Å²) in [5.41, 5.74) is 26.4. The van der Waals surface area contributed by atoms with Crippen LogP contribution in [0.4, 0.5) is 11.4 Å². The van der Waals surface area contributed by atoms with Gasteiger partial charge in [0.2, 0.25) is 0 Å². The summed E-state index contributed by atoms with van der Waals surface area (Å²) < 4.78 is 1.31. The maximum atomic E-state index is 6.43. The summed E-state index contributed by atoms with van der Waals surface area (Å²) in [5, 5.41) is 3.48. The standard InChI is InChI=1S/C31H28N2S/c1-17-11-22(12-18(2)29(17)32)31(23-13-19(3)30(33)20(4)14-23)26-8-6-5-7-24(26)25-15-21-9-10-34-28(21)16-27(25)31/h5-16H,32-33H2,1-4H3. The van der Waals surface area contributed by atoms with Crippen LogP contribution in [0, 0.1) is 27.7 Å². The predicted molar refractivity (Wildman–Crippen MR) is 147 cm³/mol. The van der Waals surface area contributed by atoms with Crippen LogP contribution in [-0.4, -0.2) is 0 Å². The average molecular weight is 461 g/mol. The van der Waals surface area contributed by atoms with E-state index in [1.807, 2.05) is 0 Å². The summed E-state index contributed by atoms with van der Waals surface area (Å²) in [7, 11) is 0. The molecule has 2 nitrogen and oxygen atoms in total. The Morgan fingerprint density at radius 1 is 0.618 bits per heavy atom. The highest BCUT2D eigenvalue weighted by atomic mass is 32.1. The van der Waals surface area contributed by atoms with Gasteiger partial charge in [0.1, 0.15) is 0 Å². The van der Waals surface area contributed by atoms with E-state index in [0.29, 0.717) is 0 Å².